The topological polar surface area (TPSA) is 56.6 Å². The Morgan fingerprint density at radius 2 is 2.18 bits per heavy atom. The summed E-state index contributed by atoms with van der Waals surface area (Å²) in [4.78, 5) is 13.8. The summed E-state index contributed by atoms with van der Waals surface area (Å²) in [5.41, 5.74) is 0. The first kappa shape index (κ1) is 14.4. The number of para-hydroxylation sites is 2. The van der Waals surface area contributed by atoms with Gasteiger partial charge in [0.2, 0.25) is 5.91 Å². The molecule has 6 heteroatoms. The smallest absolute Gasteiger partial charge is 0.224 e. The fourth-order valence-electron chi connectivity index (χ4n) is 2.39. The molecule has 2 aromatic rings. The van der Waals surface area contributed by atoms with Crippen molar-refractivity contribution in [2.24, 2.45) is 0 Å². The van der Waals surface area contributed by atoms with Crippen molar-refractivity contribution in [1.82, 2.24) is 14.7 Å². The van der Waals surface area contributed by atoms with Crippen LogP contribution in [0, 0.1) is 0 Å². The van der Waals surface area contributed by atoms with Crippen LogP contribution < -0.4 is 9.47 Å². The van der Waals surface area contributed by atoms with Crippen LogP contribution in [0.4, 0.5) is 0 Å². The van der Waals surface area contributed by atoms with Gasteiger partial charge < -0.3 is 14.4 Å². The Kier molecular flexibility index (Phi) is 4.27. The Bertz CT molecular complexity index is 627. The van der Waals surface area contributed by atoms with E-state index in [0.717, 1.165) is 11.5 Å². The number of nitrogens with zero attached hydrogens (tertiary/aromatic N) is 3. The Labute approximate surface area is 129 Å². The summed E-state index contributed by atoms with van der Waals surface area (Å²) in [6.07, 6.45) is 3.83. The average Bonchev–Trinajstić information content (AvgIpc) is 3.06. The number of benzene rings is 1. The molecule has 1 aliphatic rings. The van der Waals surface area contributed by atoms with Crippen molar-refractivity contribution in [1.29, 1.82) is 0 Å². The fourth-order valence-corrected chi connectivity index (χ4v) is 2.39. The minimum atomic E-state index is -0.145. The predicted octanol–water partition coefficient (Wildman–Crippen LogP) is 1.57. The summed E-state index contributed by atoms with van der Waals surface area (Å²) in [5, 5.41) is 4.09. The molecule has 0 saturated carbocycles. The largest absolute Gasteiger partial charge is 0.486 e. The van der Waals surface area contributed by atoms with Crippen LogP contribution in [0.3, 0.4) is 0 Å². The highest BCUT2D eigenvalue weighted by atomic mass is 16.6. The van der Waals surface area contributed by atoms with Crippen LogP contribution in [0.2, 0.25) is 0 Å². The molecule has 3 rings (SSSR count). The Morgan fingerprint density at radius 1 is 1.36 bits per heavy atom. The molecular formula is C16H19N3O3. The molecule has 6 nitrogen and oxygen atoms in total. The third kappa shape index (κ3) is 3.39. The highest BCUT2D eigenvalue weighted by Crippen LogP contribution is 2.30. The van der Waals surface area contributed by atoms with Crippen molar-refractivity contribution >= 4 is 5.91 Å². The summed E-state index contributed by atoms with van der Waals surface area (Å²) >= 11 is 0. The van der Waals surface area contributed by atoms with Crippen LogP contribution >= 0.6 is 0 Å². The summed E-state index contributed by atoms with van der Waals surface area (Å²) in [7, 11) is 1.79. The van der Waals surface area contributed by atoms with Gasteiger partial charge in [0.15, 0.2) is 17.6 Å². The minimum Gasteiger partial charge on any atom is -0.486 e. The molecule has 1 aromatic heterocycles. The maximum atomic E-state index is 12.1. The molecule has 1 amide bonds. The molecule has 0 bridgehead atoms. The van der Waals surface area contributed by atoms with Gasteiger partial charge in [-0.25, -0.2) is 0 Å². The highest BCUT2D eigenvalue weighted by molar-refractivity contribution is 5.75. The standard InChI is InChI=1S/C16H19N3O3/c1-18(16(20)7-10-19-9-4-8-17-19)11-13-12-21-14-5-2-3-6-15(14)22-13/h2-6,8-9,13H,7,10-12H2,1H3. The Morgan fingerprint density at radius 3 is 2.95 bits per heavy atom. The van der Waals surface area contributed by atoms with Crippen molar-refractivity contribution < 1.29 is 14.3 Å². The van der Waals surface area contributed by atoms with E-state index in [0.29, 0.717) is 26.1 Å². The van der Waals surface area contributed by atoms with Gasteiger partial charge in [0.05, 0.1) is 6.54 Å². The van der Waals surface area contributed by atoms with Gasteiger partial charge in [-0.15, -0.1) is 0 Å². The predicted molar refractivity (Wildman–Crippen MR) is 80.8 cm³/mol. The van der Waals surface area contributed by atoms with Gasteiger partial charge in [0, 0.05) is 32.4 Å². The van der Waals surface area contributed by atoms with Crippen LogP contribution in [0.25, 0.3) is 0 Å². The van der Waals surface area contributed by atoms with E-state index in [4.69, 9.17) is 9.47 Å². The zero-order valence-corrected chi connectivity index (χ0v) is 12.5. The second-order valence-corrected chi connectivity index (χ2v) is 5.29. The number of aryl methyl sites for hydroxylation is 1. The number of likely N-dealkylation sites (N-methyl/N-ethyl adjacent to an activating group) is 1. The third-order valence-electron chi connectivity index (χ3n) is 3.58. The van der Waals surface area contributed by atoms with Gasteiger partial charge in [-0.05, 0) is 18.2 Å². The summed E-state index contributed by atoms with van der Waals surface area (Å²) < 4.78 is 13.3. The van der Waals surface area contributed by atoms with E-state index in [1.807, 2.05) is 36.5 Å². The molecule has 2 heterocycles. The van der Waals surface area contributed by atoms with E-state index in [-0.39, 0.29) is 12.0 Å². The second kappa shape index (κ2) is 6.51. The van der Waals surface area contributed by atoms with Crippen molar-refractivity contribution in [3.63, 3.8) is 0 Å². The number of ether oxygens (including phenoxy) is 2. The second-order valence-electron chi connectivity index (χ2n) is 5.29. The summed E-state index contributed by atoms with van der Waals surface area (Å²) in [6, 6.07) is 9.42. The summed E-state index contributed by atoms with van der Waals surface area (Å²) in [6.45, 7) is 1.54. The van der Waals surface area contributed by atoms with Gasteiger partial charge in [0.1, 0.15) is 6.61 Å². The molecule has 0 spiro atoms. The Balaban J connectivity index is 1.49. The van der Waals surface area contributed by atoms with Crippen molar-refractivity contribution in [3.8, 4) is 11.5 Å². The number of carbonyl (C=O) groups is 1. The monoisotopic (exact) mass is 301 g/mol. The maximum Gasteiger partial charge on any atom is 0.224 e. The molecule has 0 aliphatic carbocycles. The van der Waals surface area contributed by atoms with Crippen molar-refractivity contribution in [2.75, 3.05) is 20.2 Å². The lowest BCUT2D eigenvalue weighted by molar-refractivity contribution is -0.131. The normalized spacial score (nSPS) is 16.3. The number of hydrogen-bond donors (Lipinski definition) is 0. The van der Waals surface area contributed by atoms with Gasteiger partial charge >= 0.3 is 0 Å². The lowest BCUT2D eigenvalue weighted by atomic mass is 10.2. The van der Waals surface area contributed by atoms with Crippen molar-refractivity contribution in [2.45, 2.75) is 19.1 Å². The molecule has 0 radical (unpaired) electrons. The maximum absolute atomic E-state index is 12.1. The van der Waals surface area contributed by atoms with Crippen molar-refractivity contribution in [3.05, 3.63) is 42.7 Å². The number of carbonyl (C=O) groups excluding carboxylic acids is 1. The first-order chi connectivity index (χ1) is 10.7. The van der Waals surface area contributed by atoms with E-state index in [1.165, 1.54) is 0 Å². The number of fused-ring (bicyclic) bond motifs is 1. The molecule has 1 aliphatic heterocycles. The molecule has 1 aromatic carbocycles. The van der Waals surface area contributed by atoms with Crippen LogP contribution in [0.15, 0.2) is 42.7 Å². The van der Waals surface area contributed by atoms with Crippen LogP contribution in [-0.2, 0) is 11.3 Å². The molecule has 1 unspecified atom stereocenters. The average molecular weight is 301 g/mol. The van der Waals surface area contributed by atoms with E-state index >= 15 is 0 Å². The third-order valence-corrected chi connectivity index (χ3v) is 3.58. The number of hydrogen-bond acceptors (Lipinski definition) is 4. The molecule has 0 fully saturated rings. The van der Waals surface area contributed by atoms with E-state index in [2.05, 4.69) is 5.10 Å². The lowest BCUT2D eigenvalue weighted by Gasteiger charge is -2.29. The molecule has 116 valence electrons. The van der Waals surface area contributed by atoms with E-state index < -0.39 is 0 Å². The van der Waals surface area contributed by atoms with Gasteiger partial charge in [-0.1, -0.05) is 12.1 Å². The number of aromatic nitrogens is 2. The van der Waals surface area contributed by atoms with Crippen LogP contribution in [-0.4, -0.2) is 46.9 Å². The molecule has 0 saturated heterocycles. The quantitative estimate of drug-likeness (QED) is 0.841. The highest BCUT2D eigenvalue weighted by Gasteiger charge is 2.23. The zero-order chi connectivity index (χ0) is 15.4. The molecule has 22 heavy (non-hydrogen) atoms. The SMILES string of the molecule is CN(CC1COc2ccccc2O1)C(=O)CCn1cccn1. The zero-order valence-electron chi connectivity index (χ0n) is 12.5. The summed E-state index contributed by atoms with van der Waals surface area (Å²) in [5.74, 6) is 1.56. The van der Waals surface area contributed by atoms with Gasteiger partial charge in [-0.2, -0.15) is 5.10 Å². The van der Waals surface area contributed by atoms with Gasteiger partial charge in [0.25, 0.3) is 0 Å². The first-order valence-corrected chi connectivity index (χ1v) is 7.32. The molecule has 0 N–H and O–H groups in total. The molecular weight excluding hydrogens is 282 g/mol. The van der Waals surface area contributed by atoms with Gasteiger partial charge in [-0.3, -0.25) is 9.48 Å². The van der Waals surface area contributed by atoms with E-state index in [9.17, 15) is 4.79 Å². The minimum absolute atomic E-state index is 0.0676. The van der Waals surface area contributed by atoms with E-state index in [1.54, 1.807) is 22.8 Å². The number of amides is 1. The number of rotatable bonds is 5. The Hall–Kier alpha value is -2.50. The van der Waals surface area contributed by atoms with Crippen LogP contribution in [0.1, 0.15) is 6.42 Å². The lowest BCUT2D eigenvalue weighted by Crippen LogP contribution is -2.42. The first-order valence-electron chi connectivity index (χ1n) is 7.32. The molecule has 1 atom stereocenters. The van der Waals surface area contributed by atoms with Crippen LogP contribution in [0.5, 0.6) is 11.5 Å². The fraction of sp³-hybridized carbons (Fsp3) is 0.375.